The fourth-order valence-electron chi connectivity index (χ4n) is 3.57. The van der Waals surface area contributed by atoms with Crippen molar-refractivity contribution < 1.29 is 14.2 Å². The van der Waals surface area contributed by atoms with Crippen LogP contribution in [0.15, 0.2) is 29.6 Å². The van der Waals surface area contributed by atoms with Crippen LogP contribution in [0, 0.1) is 5.82 Å². The van der Waals surface area contributed by atoms with Gasteiger partial charge in [-0.2, -0.15) is 0 Å². The molecule has 5 nitrogen and oxygen atoms in total. The monoisotopic (exact) mass is 363 g/mol. The summed E-state index contributed by atoms with van der Waals surface area (Å²) in [6.07, 6.45) is -0.324. The molecule has 0 bridgehead atoms. The van der Waals surface area contributed by atoms with E-state index in [0.29, 0.717) is 6.54 Å². The average molecular weight is 363 g/mol. The molecule has 0 spiro atoms. The van der Waals surface area contributed by atoms with Crippen molar-refractivity contribution >= 4 is 11.3 Å². The Labute approximate surface area is 150 Å². The number of β-amino-alcohol motifs (C(OH)–C–C–N with tert-alkyl or cyclic N) is 1. The number of hydrogen-bond donors (Lipinski definition) is 1. The molecule has 4 rings (SSSR count). The minimum absolute atomic E-state index is 0.181. The summed E-state index contributed by atoms with van der Waals surface area (Å²) in [6.45, 7) is 5.54. The number of halogens is 1. The first-order valence-corrected chi connectivity index (χ1v) is 9.49. The first-order chi connectivity index (χ1) is 12.2. The van der Waals surface area contributed by atoms with Gasteiger partial charge in [-0.15, -0.1) is 11.3 Å². The smallest absolute Gasteiger partial charge is 0.123 e. The van der Waals surface area contributed by atoms with Gasteiger partial charge in [-0.05, 0) is 24.3 Å². The molecule has 7 heteroatoms. The van der Waals surface area contributed by atoms with Gasteiger partial charge >= 0.3 is 0 Å². The largest absolute Gasteiger partial charge is 0.390 e. The van der Waals surface area contributed by atoms with E-state index in [4.69, 9.17) is 4.74 Å². The van der Waals surface area contributed by atoms with Crippen molar-refractivity contribution in [1.29, 1.82) is 0 Å². The van der Waals surface area contributed by atoms with Gasteiger partial charge in [0.05, 0.1) is 31.6 Å². The van der Waals surface area contributed by atoms with Crippen molar-refractivity contribution in [3.05, 3.63) is 40.5 Å². The molecule has 2 saturated heterocycles. The summed E-state index contributed by atoms with van der Waals surface area (Å²) in [7, 11) is 0. The van der Waals surface area contributed by atoms with Crippen LogP contribution in [-0.4, -0.2) is 71.4 Å². The fourth-order valence-corrected chi connectivity index (χ4v) is 4.42. The Balaban J connectivity index is 1.38. The molecule has 2 aliphatic rings. The van der Waals surface area contributed by atoms with E-state index >= 15 is 0 Å². The van der Waals surface area contributed by atoms with E-state index in [1.165, 1.54) is 12.1 Å². The lowest BCUT2D eigenvalue weighted by molar-refractivity contribution is -0.00618. The van der Waals surface area contributed by atoms with Gasteiger partial charge in [0, 0.05) is 43.2 Å². The molecule has 0 amide bonds. The predicted octanol–water partition coefficient (Wildman–Crippen LogP) is 1.83. The van der Waals surface area contributed by atoms with Crippen LogP contribution in [0.25, 0.3) is 11.3 Å². The molecule has 0 saturated carbocycles. The molecule has 1 aromatic carbocycles. The number of aliphatic hydroxyl groups is 1. The summed E-state index contributed by atoms with van der Waals surface area (Å²) < 4.78 is 18.4. The Kier molecular flexibility index (Phi) is 5.10. The number of aromatic nitrogens is 1. The number of likely N-dealkylation sites (tertiary alicyclic amines) is 1. The van der Waals surface area contributed by atoms with Gasteiger partial charge in [-0.3, -0.25) is 9.80 Å². The molecule has 2 aromatic rings. The van der Waals surface area contributed by atoms with E-state index in [0.717, 1.165) is 55.7 Å². The molecule has 2 atom stereocenters. The van der Waals surface area contributed by atoms with E-state index in [1.54, 1.807) is 23.5 Å². The van der Waals surface area contributed by atoms with Gasteiger partial charge in [-0.25, -0.2) is 9.37 Å². The molecule has 2 aliphatic heterocycles. The first-order valence-electron chi connectivity index (χ1n) is 8.61. The normalized spacial score (nSPS) is 25.5. The van der Waals surface area contributed by atoms with Crippen LogP contribution in [0.5, 0.6) is 0 Å². The van der Waals surface area contributed by atoms with Crippen LogP contribution in [0.3, 0.4) is 0 Å². The number of rotatable bonds is 4. The Morgan fingerprint density at radius 3 is 2.72 bits per heavy atom. The number of aliphatic hydroxyl groups excluding tert-OH is 1. The van der Waals surface area contributed by atoms with Crippen LogP contribution in [0.4, 0.5) is 4.39 Å². The van der Waals surface area contributed by atoms with E-state index < -0.39 is 0 Å². The summed E-state index contributed by atoms with van der Waals surface area (Å²) in [5.74, 6) is -0.237. The van der Waals surface area contributed by atoms with E-state index in [1.807, 2.05) is 5.38 Å². The highest BCUT2D eigenvalue weighted by atomic mass is 32.1. The van der Waals surface area contributed by atoms with Gasteiger partial charge in [-0.1, -0.05) is 0 Å². The Morgan fingerprint density at radius 1 is 1.20 bits per heavy atom. The van der Waals surface area contributed by atoms with Crippen molar-refractivity contribution in [2.24, 2.45) is 0 Å². The molecular formula is C18H22FN3O2S. The van der Waals surface area contributed by atoms with Crippen molar-refractivity contribution in [2.45, 2.75) is 18.7 Å². The SMILES string of the molecule is O[C@H]1CN(Cc2nc(-c3ccc(F)cc3)cs2)C[C@@H]1N1CCOCC1. The van der Waals surface area contributed by atoms with E-state index in [9.17, 15) is 9.50 Å². The number of ether oxygens (including phenoxy) is 1. The first kappa shape index (κ1) is 17.1. The van der Waals surface area contributed by atoms with Crippen molar-refractivity contribution in [1.82, 2.24) is 14.8 Å². The van der Waals surface area contributed by atoms with E-state index in [2.05, 4.69) is 14.8 Å². The maximum Gasteiger partial charge on any atom is 0.123 e. The number of benzene rings is 1. The van der Waals surface area contributed by atoms with Crippen molar-refractivity contribution in [2.75, 3.05) is 39.4 Å². The summed E-state index contributed by atoms with van der Waals surface area (Å²) >= 11 is 1.61. The highest BCUT2D eigenvalue weighted by molar-refractivity contribution is 7.09. The molecule has 3 heterocycles. The van der Waals surface area contributed by atoms with Crippen LogP contribution in [0.1, 0.15) is 5.01 Å². The molecule has 1 N–H and O–H groups in total. The van der Waals surface area contributed by atoms with Crippen molar-refractivity contribution in [3.63, 3.8) is 0 Å². The molecule has 1 aromatic heterocycles. The zero-order valence-electron chi connectivity index (χ0n) is 14.0. The maximum absolute atomic E-state index is 13.0. The lowest BCUT2D eigenvalue weighted by Gasteiger charge is -2.33. The zero-order chi connectivity index (χ0) is 17.2. The van der Waals surface area contributed by atoms with Gasteiger partial charge < -0.3 is 9.84 Å². The van der Waals surface area contributed by atoms with Gasteiger partial charge in [0.2, 0.25) is 0 Å². The van der Waals surface area contributed by atoms with Gasteiger partial charge in [0.1, 0.15) is 10.8 Å². The molecule has 0 aliphatic carbocycles. The van der Waals surface area contributed by atoms with Crippen LogP contribution in [-0.2, 0) is 11.3 Å². The molecule has 0 unspecified atom stereocenters. The third kappa shape index (κ3) is 3.91. The molecule has 25 heavy (non-hydrogen) atoms. The predicted molar refractivity (Wildman–Crippen MR) is 95.0 cm³/mol. The molecule has 2 fully saturated rings. The zero-order valence-corrected chi connectivity index (χ0v) is 14.8. The second-order valence-corrected chi connectivity index (χ2v) is 7.55. The lowest BCUT2D eigenvalue weighted by atomic mass is 10.2. The fraction of sp³-hybridized carbons (Fsp3) is 0.500. The summed E-state index contributed by atoms with van der Waals surface area (Å²) in [5, 5.41) is 13.5. The lowest BCUT2D eigenvalue weighted by Crippen LogP contribution is -2.48. The summed E-state index contributed by atoms with van der Waals surface area (Å²) in [6, 6.07) is 6.60. The Bertz CT molecular complexity index is 703. The molecular weight excluding hydrogens is 341 g/mol. The Hall–Kier alpha value is -1.38. The van der Waals surface area contributed by atoms with Crippen LogP contribution in [0.2, 0.25) is 0 Å². The second-order valence-electron chi connectivity index (χ2n) is 6.61. The third-order valence-electron chi connectivity index (χ3n) is 4.90. The Morgan fingerprint density at radius 2 is 1.96 bits per heavy atom. The number of morpholine rings is 1. The minimum Gasteiger partial charge on any atom is -0.390 e. The number of hydrogen-bond acceptors (Lipinski definition) is 6. The highest BCUT2D eigenvalue weighted by Gasteiger charge is 2.36. The number of nitrogens with zero attached hydrogens (tertiary/aromatic N) is 3. The van der Waals surface area contributed by atoms with Gasteiger partial charge in [0.15, 0.2) is 0 Å². The third-order valence-corrected chi connectivity index (χ3v) is 5.73. The topological polar surface area (TPSA) is 48.8 Å². The highest BCUT2D eigenvalue weighted by Crippen LogP contribution is 2.25. The summed E-state index contributed by atoms with van der Waals surface area (Å²) in [4.78, 5) is 9.27. The van der Waals surface area contributed by atoms with Crippen LogP contribution >= 0.6 is 11.3 Å². The maximum atomic E-state index is 13.0. The van der Waals surface area contributed by atoms with E-state index in [-0.39, 0.29) is 18.0 Å². The standard InChI is InChI=1S/C18H22FN3O2S/c19-14-3-1-13(2-4-14)15-12-25-18(20-15)11-21-9-16(17(23)10-21)22-5-7-24-8-6-22/h1-4,12,16-17,23H,5-11H2/t16-,17-/m0/s1. The average Bonchev–Trinajstić information content (AvgIpc) is 3.23. The van der Waals surface area contributed by atoms with Crippen LogP contribution < -0.4 is 0 Å². The minimum atomic E-state index is -0.324. The van der Waals surface area contributed by atoms with Gasteiger partial charge in [0.25, 0.3) is 0 Å². The molecule has 134 valence electrons. The second kappa shape index (κ2) is 7.47. The molecule has 0 radical (unpaired) electrons. The van der Waals surface area contributed by atoms with Crippen molar-refractivity contribution in [3.8, 4) is 11.3 Å². The summed E-state index contributed by atoms with van der Waals surface area (Å²) in [5.41, 5.74) is 1.81. The number of thiazole rings is 1. The quantitative estimate of drug-likeness (QED) is 0.898.